The van der Waals surface area contributed by atoms with Gasteiger partial charge in [0.2, 0.25) is 0 Å². The fourth-order valence-electron chi connectivity index (χ4n) is 2.05. The van der Waals surface area contributed by atoms with Crippen molar-refractivity contribution in [2.24, 2.45) is 0 Å². The van der Waals surface area contributed by atoms with E-state index in [2.05, 4.69) is 10.2 Å². The average molecular weight is 237 g/mol. The molecular weight excluding hydrogens is 224 g/mol. The third kappa shape index (κ3) is 1.65. The van der Waals surface area contributed by atoms with Gasteiger partial charge in [-0.1, -0.05) is 0 Å². The number of aromatic nitrogens is 2. The molecule has 2 heterocycles. The van der Waals surface area contributed by atoms with E-state index in [0.29, 0.717) is 11.8 Å². The van der Waals surface area contributed by atoms with Gasteiger partial charge in [-0.05, 0) is 31.4 Å². The summed E-state index contributed by atoms with van der Waals surface area (Å²) in [6.07, 6.45) is 5.04. The van der Waals surface area contributed by atoms with E-state index in [4.69, 9.17) is 16.0 Å². The lowest BCUT2D eigenvalue weighted by molar-refractivity contribution is 0.579. The summed E-state index contributed by atoms with van der Waals surface area (Å²) in [5, 5.41) is 7.50. The Morgan fingerprint density at radius 2 is 2.38 bits per heavy atom. The summed E-state index contributed by atoms with van der Waals surface area (Å²) in [6.45, 7) is 0. The number of furan rings is 1. The van der Waals surface area contributed by atoms with E-state index in [1.165, 1.54) is 24.1 Å². The number of halogens is 1. The molecule has 0 spiro atoms. The molecule has 1 saturated carbocycles. The molecule has 3 rings (SSSR count). The second-order valence-electron chi connectivity index (χ2n) is 4.15. The molecule has 1 aliphatic carbocycles. The Hall–Kier alpha value is -1.22. The molecule has 1 aliphatic rings. The Labute approximate surface area is 98.8 Å². The van der Waals surface area contributed by atoms with Gasteiger partial charge in [-0.25, -0.2) is 0 Å². The number of nitrogens with one attached hydrogen (secondary N) is 1. The first-order valence-corrected chi connectivity index (χ1v) is 6.10. The van der Waals surface area contributed by atoms with Crippen LogP contribution in [0.2, 0.25) is 0 Å². The highest BCUT2D eigenvalue weighted by Gasteiger charge is 2.30. The summed E-state index contributed by atoms with van der Waals surface area (Å²) in [5.74, 6) is 2.10. The number of H-pyrrole nitrogens is 1. The number of hydrogen-bond donors (Lipinski definition) is 1. The smallest absolute Gasteiger partial charge is 0.154 e. The van der Waals surface area contributed by atoms with Crippen molar-refractivity contribution in [3.63, 3.8) is 0 Å². The third-order valence-electron chi connectivity index (χ3n) is 2.98. The van der Waals surface area contributed by atoms with Gasteiger partial charge in [0, 0.05) is 23.1 Å². The molecule has 84 valence electrons. The van der Waals surface area contributed by atoms with Crippen molar-refractivity contribution in [1.29, 1.82) is 0 Å². The predicted molar refractivity (Wildman–Crippen MR) is 62.7 cm³/mol. The number of nitrogens with zero attached hydrogens (tertiary/aromatic N) is 1. The molecule has 0 radical (unpaired) electrons. The first-order valence-electron chi connectivity index (χ1n) is 5.57. The molecule has 3 nitrogen and oxygen atoms in total. The SMILES string of the molecule is ClCCc1c(-c2ccco2)n[nH]c1C1CC1. The van der Waals surface area contributed by atoms with Crippen molar-refractivity contribution in [2.75, 3.05) is 5.88 Å². The third-order valence-corrected chi connectivity index (χ3v) is 3.17. The molecule has 0 unspecified atom stereocenters. The molecule has 2 aromatic heterocycles. The first-order chi connectivity index (χ1) is 7.90. The lowest BCUT2D eigenvalue weighted by atomic mass is 10.1. The van der Waals surface area contributed by atoms with Gasteiger partial charge < -0.3 is 4.42 Å². The van der Waals surface area contributed by atoms with Gasteiger partial charge in [-0.15, -0.1) is 11.6 Å². The van der Waals surface area contributed by atoms with Gasteiger partial charge in [-0.3, -0.25) is 5.10 Å². The maximum Gasteiger partial charge on any atom is 0.154 e. The second kappa shape index (κ2) is 3.98. The maximum atomic E-state index is 5.85. The van der Waals surface area contributed by atoms with Crippen LogP contribution in [0.15, 0.2) is 22.8 Å². The van der Waals surface area contributed by atoms with Crippen LogP contribution < -0.4 is 0 Å². The molecule has 16 heavy (non-hydrogen) atoms. The summed E-state index contributed by atoms with van der Waals surface area (Å²) >= 11 is 5.85. The van der Waals surface area contributed by atoms with Gasteiger partial charge >= 0.3 is 0 Å². The van der Waals surface area contributed by atoms with Crippen molar-refractivity contribution in [1.82, 2.24) is 10.2 Å². The largest absolute Gasteiger partial charge is 0.463 e. The normalized spacial score (nSPS) is 15.6. The molecule has 1 N–H and O–H groups in total. The average Bonchev–Trinajstić information content (AvgIpc) is 2.84. The molecule has 0 aromatic carbocycles. The highest BCUT2D eigenvalue weighted by atomic mass is 35.5. The van der Waals surface area contributed by atoms with Crippen LogP contribution in [0.25, 0.3) is 11.5 Å². The minimum absolute atomic E-state index is 0.618. The molecule has 0 saturated heterocycles. The van der Waals surface area contributed by atoms with Crippen LogP contribution in [0.3, 0.4) is 0 Å². The molecule has 4 heteroatoms. The van der Waals surface area contributed by atoms with Crippen LogP contribution in [-0.2, 0) is 6.42 Å². The molecule has 0 amide bonds. The number of rotatable bonds is 4. The predicted octanol–water partition coefficient (Wildman–Crippen LogP) is 3.33. The minimum Gasteiger partial charge on any atom is -0.463 e. The van der Waals surface area contributed by atoms with E-state index >= 15 is 0 Å². The van der Waals surface area contributed by atoms with Crippen LogP contribution >= 0.6 is 11.6 Å². The standard InChI is InChI=1S/C12H13ClN2O/c13-6-5-9-11(8-3-4-8)14-15-12(9)10-2-1-7-16-10/h1-2,7-8H,3-6H2,(H,14,15). The Morgan fingerprint density at radius 1 is 1.50 bits per heavy atom. The van der Waals surface area contributed by atoms with Crippen LogP contribution in [-0.4, -0.2) is 16.1 Å². The van der Waals surface area contributed by atoms with Crippen LogP contribution in [0.1, 0.15) is 30.0 Å². The Morgan fingerprint density at radius 3 is 3.00 bits per heavy atom. The molecule has 0 aliphatic heterocycles. The van der Waals surface area contributed by atoms with Gasteiger partial charge in [0.1, 0.15) is 5.69 Å². The van der Waals surface area contributed by atoms with Crippen molar-refractivity contribution in [2.45, 2.75) is 25.2 Å². The second-order valence-corrected chi connectivity index (χ2v) is 4.53. The van der Waals surface area contributed by atoms with Crippen LogP contribution in [0, 0.1) is 0 Å². The van der Waals surface area contributed by atoms with Crippen LogP contribution in [0.4, 0.5) is 0 Å². The Bertz CT molecular complexity index is 471. The Kier molecular flexibility index (Phi) is 2.48. The summed E-state index contributed by atoms with van der Waals surface area (Å²) < 4.78 is 5.39. The van der Waals surface area contributed by atoms with E-state index in [1.54, 1.807) is 6.26 Å². The minimum atomic E-state index is 0.618. The van der Waals surface area contributed by atoms with Gasteiger partial charge in [0.25, 0.3) is 0 Å². The van der Waals surface area contributed by atoms with Crippen molar-refractivity contribution in [3.05, 3.63) is 29.7 Å². The summed E-state index contributed by atoms with van der Waals surface area (Å²) in [6, 6.07) is 3.82. The number of alkyl halides is 1. The van der Waals surface area contributed by atoms with E-state index in [-0.39, 0.29) is 0 Å². The fraction of sp³-hybridized carbons (Fsp3) is 0.417. The number of aromatic amines is 1. The van der Waals surface area contributed by atoms with Crippen molar-refractivity contribution >= 4 is 11.6 Å². The summed E-state index contributed by atoms with van der Waals surface area (Å²) in [4.78, 5) is 0. The quantitative estimate of drug-likeness (QED) is 0.828. The van der Waals surface area contributed by atoms with Crippen molar-refractivity contribution < 1.29 is 4.42 Å². The van der Waals surface area contributed by atoms with E-state index < -0.39 is 0 Å². The van der Waals surface area contributed by atoms with Gasteiger partial charge in [0.05, 0.1) is 6.26 Å². The highest BCUT2D eigenvalue weighted by Crippen LogP contribution is 2.42. The first kappa shape index (κ1) is 9.97. The Balaban J connectivity index is 2.03. The molecule has 0 bridgehead atoms. The molecule has 1 fully saturated rings. The van der Waals surface area contributed by atoms with Gasteiger partial charge in [-0.2, -0.15) is 5.10 Å². The maximum absolute atomic E-state index is 5.85. The fourth-order valence-corrected chi connectivity index (χ4v) is 2.24. The zero-order valence-corrected chi connectivity index (χ0v) is 9.63. The lowest BCUT2D eigenvalue weighted by Crippen LogP contribution is -1.92. The monoisotopic (exact) mass is 236 g/mol. The molecule has 0 atom stereocenters. The van der Waals surface area contributed by atoms with Gasteiger partial charge in [0.15, 0.2) is 5.76 Å². The van der Waals surface area contributed by atoms with E-state index in [0.717, 1.165) is 17.9 Å². The zero-order chi connectivity index (χ0) is 11.0. The molecule has 2 aromatic rings. The molecular formula is C12H13ClN2O. The topological polar surface area (TPSA) is 41.8 Å². The zero-order valence-electron chi connectivity index (χ0n) is 8.87. The van der Waals surface area contributed by atoms with Crippen molar-refractivity contribution in [3.8, 4) is 11.5 Å². The highest BCUT2D eigenvalue weighted by molar-refractivity contribution is 6.18. The van der Waals surface area contributed by atoms with E-state index in [9.17, 15) is 0 Å². The summed E-state index contributed by atoms with van der Waals surface area (Å²) in [5.41, 5.74) is 3.41. The summed E-state index contributed by atoms with van der Waals surface area (Å²) in [7, 11) is 0. The lowest BCUT2D eigenvalue weighted by Gasteiger charge is -2.00. The number of hydrogen-bond acceptors (Lipinski definition) is 2. The van der Waals surface area contributed by atoms with E-state index in [1.807, 2.05) is 12.1 Å². The van der Waals surface area contributed by atoms with Crippen LogP contribution in [0.5, 0.6) is 0 Å².